The Labute approximate surface area is 189 Å². The molecule has 2 aromatic carbocycles. The second-order valence-corrected chi connectivity index (χ2v) is 7.38. The molecule has 3 aromatic rings. The van der Waals surface area contributed by atoms with Gasteiger partial charge in [0.25, 0.3) is 0 Å². The van der Waals surface area contributed by atoms with Gasteiger partial charge >= 0.3 is 0 Å². The van der Waals surface area contributed by atoms with Gasteiger partial charge in [0.2, 0.25) is 5.28 Å². The van der Waals surface area contributed by atoms with Crippen molar-refractivity contribution in [2.45, 2.75) is 33.7 Å². The third-order valence-corrected chi connectivity index (χ3v) is 5.14. The molecule has 3 N–H and O–H groups in total. The smallest absolute Gasteiger partial charge is 0.226 e. The van der Waals surface area contributed by atoms with Crippen LogP contribution in [0.2, 0.25) is 5.28 Å². The van der Waals surface area contributed by atoms with Crippen LogP contribution in [0.15, 0.2) is 66.9 Å². The van der Waals surface area contributed by atoms with E-state index in [4.69, 9.17) is 17.3 Å². The Bertz CT molecular complexity index is 1090. The van der Waals surface area contributed by atoms with Crippen molar-refractivity contribution in [1.29, 1.82) is 0 Å². The third-order valence-electron chi connectivity index (χ3n) is 4.97. The summed E-state index contributed by atoms with van der Waals surface area (Å²) in [7, 11) is 0. The molecule has 1 atom stereocenters. The summed E-state index contributed by atoms with van der Waals surface area (Å²) in [6, 6.07) is 18.1. The normalized spacial score (nSPS) is 13.5. The van der Waals surface area contributed by atoms with Crippen molar-refractivity contribution in [2.24, 2.45) is 0 Å². The lowest BCUT2D eigenvalue weighted by molar-refractivity contribution is 0.880. The van der Waals surface area contributed by atoms with Crippen molar-refractivity contribution in [1.82, 2.24) is 9.97 Å². The van der Waals surface area contributed by atoms with Gasteiger partial charge in [0, 0.05) is 28.7 Å². The van der Waals surface area contributed by atoms with Gasteiger partial charge in [-0.2, -0.15) is 0 Å². The van der Waals surface area contributed by atoms with E-state index in [0.29, 0.717) is 11.6 Å². The molecular weight excluding hydrogens is 406 g/mol. The van der Waals surface area contributed by atoms with Crippen LogP contribution in [-0.4, -0.2) is 16.0 Å². The predicted octanol–water partition coefficient (Wildman–Crippen LogP) is 6.38. The quantitative estimate of drug-likeness (QED) is 0.467. The molecule has 1 aliphatic heterocycles. The van der Waals surface area contributed by atoms with Gasteiger partial charge in [-0.05, 0) is 54.8 Å². The number of nitrogen functional groups attached to an aromatic ring is 1. The zero-order chi connectivity index (χ0) is 22.5. The van der Waals surface area contributed by atoms with Crippen molar-refractivity contribution in [3.05, 3.63) is 88.8 Å². The molecule has 0 saturated heterocycles. The zero-order valence-electron chi connectivity index (χ0n) is 18.4. The van der Waals surface area contributed by atoms with Gasteiger partial charge in [-0.3, -0.25) is 0 Å². The van der Waals surface area contributed by atoms with E-state index in [0.717, 1.165) is 28.2 Å². The van der Waals surface area contributed by atoms with Crippen LogP contribution in [0.4, 0.5) is 17.3 Å². The molecule has 1 aliphatic rings. The maximum Gasteiger partial charge on any atom is 0.226 e. The Hall–Kier alpha value is -3.31. The highest BCUT2D eigenvalue weighted by molar-refractivity contribution is 6.28. The van der Waals surface area contributed by atoms with Gasteiger partial charge < -0.3 is 16.0 Å². The molecule has 0 amide bonds. The minimum atomic E-state index is -0.0917. The molecule has 5 nitrogen and oxygen atoms in total. The molecule has 0 unspecified atom stereocenters. The van der Waals surface area contributed by atoms with E-state index in [2.05, 4.69) is 77.0 Å². The third kappa shape index (κ3) is 4.72. The number of aryl methyl sites for hydroxylation is 1. The Morgan fingerprint density at radius 1 is 1.06 bits per heavy atom. The molecule has 0 aliphatic carbocycles. The lowest BCUT2D eigenvalue weighted by atomic mass is 9.92. The highest BCUT2D eigenvalue weighted by Crippen LogP contribution is 2.39. The summed E-state index contributed by atoms with van der Waals surface area (Å²) in [5.74, 6) is 0.896. The van der Waals surface area contributed by atoms with Crippen LogP contribution >= 0.6 is 11.6 Å². The summed E-state index contributed by atoms with van der Waals surface area (Å²) in [4.78, 5) is 10.3. The molecule has 0 spiro atoms. The van der Waals surface area contributed by atoms with E-state index in [1.165, 1.54) is 5.56 Å². The summed E-state index contributed by atoms with van der Waals surface area (Å²) in [6.45, 7) is 12.6. The van der Waals surface area contributed by atoms with Crippen LogP contribution in [0.1, 0.15) is 37.5 Å². The molecular formula is C25H28ClN5. The van der Waals surface area contributed by atoms with Gasteiger partial charge in [0.15, 0.2) is 0 Å². The van der Waals surface area contributed by atoms with E-state index in [1.807, 2.05) is 32.0 Å². The van der Waals surface area contributed by atoms with E-state index < -0.39 is 0 Å². The topological polar surface area (TPSA) is 67.1 Å². The summed E-state index contributed by atoms with van der Waals surface area (Å²) in [6.07, 6.45) is 2.19. The first-order chi connectivity index (χ1) is 14.9. The number of nitrogens with two attached hydrogens (primary N) is 1. The number of anilines is 3. The molecule has 0 fully saturated rings. The number of nitrogens with one attached hydrogen (secondary N) is 1. The average molecular weight is 434 g/mol. The number of benzene rings is 2. The van der Waals surface area contributed by atoms with Gasteiger partial charge in [0.1, 0.15) is 11.6 Å². The number of para-hydroxylation sites is 1. The highest BCUT2D eigenvalue weighted by Gasteiger charge is 2.28. The fraction of sp³-hybridized carbons (Fsp3) is 0.200. The minimum Gasteiger partial charge on any atom is -0.383 e. The highest BCUT2D eigenvalue weighted by atomic mass is 35.5. The number of fused-ring (bicyclic) bond motifs is 1. The molecule has 0 radical (unpaired) electrons. The fourth-order valence-corrected chi connectivity index (χ4v) is 3.89. The average Bonchev–Trinajstić information content (AvgIpc) is 2.75. The summed E-state index contributed by atoms with van der Waals surface area (Å²) >= 11 is 5.97. The first kappa shape index (κ1) is 22.4. The van der Waals surface area contributed by atoms with Crippen molar-refractivity contribution in [3.8, 4) is 0 Å². The Kier molecular flexibility index (Phi) is 6.98. The van der Waals surface area contributed by atoms with Crippen LogP contribution in [0, 0.1) is 6.92 Å². The Morgan fingerprint density at radius 2 is 1.77 bits per heavy atom. The number of nitrogens with zero attached hydrogens (tertiary/aromatic N) is 3. The fourth-order valence-electron chi connectivity index (χ4n) is 3.70. The Morgan fingerprint density at radius 3 is 2.45 bits per heavy atom. The largest absolute Gasteiger partial charge is 0.383 e. The maximum absolute atomic E-state index is 5.97. The minimum absolute atomic E-state index is 0.0917. The second-order valence-electron chi connectivity index (χ2n) is 7.04. The van der Waals surface area contributed by atoms with Gasteiger partial charge in [-0.15, -0.1) is 0 Å². The van der Waals surface area contributed by atoms with Crippen LogP contribution in [-0.2, 0) is 0 Å². The van der Waals surface area contributed by atoms with E-state index >= 15 is 0 Å². The number of rotatable bonds is 4. The lowest BCUT2D eigenvalue weighted by Crippen LogP contribution is -2.34. The van der Waals surface area contributed by atoms with Crippen molar-refractivity contribution < 1.29 is 0 Å². The molecule has 4 rings (SSSR count). The predicted molar refractivity (Wildman–Crippen MR) is 133 cm³/mol. The van der Waals surface area contributed by atoms with Gasteiger partial charge in [-0.1, -0.05) is 56.8 Å². The van der Waals surface area contributed by atoms with Gasteiger partial charge in [-0.25, -0.2) is 9.97 Å². The Balaban J connectivity index is 0.00000132. The van der Waals surface area contributed by atoms with Crippen molar-refractivity contribution in [3.63, 3.8) is 0 Å². The second kappa shape index (κ2) is 9.67. The number of hydrogen-bond donors (Lipinski definition) is 2. The monoisotopic (exact) mass is 433 g/mol. The molecule has 2 heterocycles. The number of aromatic nitrogens is 2. The van der Waals surface area contributed by atoms with Crippen LogP contribution in [0.25, 0.3) is 11.8 Å². The van der Waals surface area contributed by atoms with Crippen molar-refractivity contribution in [2.75, 3.05) is 16.0 Å². The standard InChI is InChI=1S/C23H22ClN5.C2H6/c1-14-8-7-9-17-12-19(15(2)26-21-13-20(25)27-23(24)28-21)29(16(3)22(14)17)18-10-5-4-6-11-18;1-2/h4-13,15H,3H2,1-2H3,(H3,25,26,27,28);1-2H3/t15-;/m0./s1. The van der Waals surface area contributed by atoms with Gasteiger partial charge in [0.05, 0.1) is 6.04 Å². The zero-order valence-corrected chi connectivity index (χ0v) is 19.1. The first-order valence-corrected chi connectivity index (χ1v) is 10.7. The summed E-state index contributed by atoms with van der Waals surface area (Å²) < 4.78 is 0. The molecule has 1 aromatic heterocycles. The van der Waals surface area contributed by atoms with Crippen LogP contribution < -0.4 is 16.0 Å². The maximum atomic E-state index is 5.97. The van der Waals surface area contributed by atoms with Crippen LogP contribution in [0.3, 0.4) is 0 Å². The molecule has 0 bridgehead atoms. The molecule has 6 heteroatoms. The van der Waals surface area contributed by atoms with E-state index in [-0.39, 0.29) is 11.3 Å². The lowest BCUT2D eigenvalue weighted by Gasteiger charge is -2.37. The summed E-state index contributed by atoms with van der Waals surface area (Å²) in [5.41, 5.74) is 12.3. The van der Waals surface area contributed by atoms with E-state index in [1.54, 1.807) is 6.07 Å². The first-order valence-electron chi connectivity index (χ1n) is 10.4. The van der Waals surface area contributed by atoms with Crippen LogP contribution in [0.5, 0.6) is 0 Å². The molecule has 0 saturated carbocycles. The van der Waals surface area contributed by atoms with Crippen molar-refractivity contribution >= 4 is 40.7 Å². The SMILES string of the molecule is C=C1c2c(C)cccc2C=C([C@H](C)Nc2cc(N)nc(Cl)n2)N1c1ccccc1.CC. The summed E-state index contributed by atoms with van der Waals surface area (Å²) in [5, 5.41) is 3.51. The molecule has 31 heavy (non-hydrogen) atoms. The van der Waals surface area contributed by atoms with E-state index in [9.17, 15) is 0 Å². The number of hydrogen-bond acceptors (Lipinski definition) is 5. The number of halogens is 1. The molecule has 160 valence electrons.